The third-order valence-electron chi connectivity index (χ3n) is 4.83. The predicted molar refractivity (Wildman–Crippen MR) is 96.7 cm³/mol. The lowest BCUT2D eigenvalue weighted by Gasteiger charge is -2.41. The van der Waals surface area contributed by atoms with Crippen LogP contribution in [-0.4, -0.2) is 37.0 Å². The van der Waals surface area contributed by atoms with Crippen molar-refractivity contribution in [1.82, 2.24) is 15.2 Å². The third-order valence-corrected chi connectivity index (χ3v) is 4.83. The number of hydrogen-bond donors (Lipinski definition) is 3. The van der Waals surface area contributed by atoms with Gasteiger partial charge in [0.2, 0.25) is 0 Å². The van der Waals surface area contributed by atoms with Gasteiger partial charge in [-0.25, -0.2) is 0 Å². The van der Waals surface area contributed by atoms with Crippen molar-refractivity contribution < 1.29 is 23.4 Å². The second-order valence-electron chi connectivity index (χ2n) is 7.27. The van der Waals surface area contributed by atoms with Gasteiger partial charge in [-0.15, -0.1) is 10.2 Å². The van der Waals surface area contributed by atoms with Crippen molar-refractivity contribution in [3.8, 4) is 17.0 Å². The fraction of sp³-hybridized carbons (Fsp3) is 0.316. The van der Waals surface area contributed by atoms with Crippen molar-refractivity contribution in [3.05, 3.63) is 42.1 Å². The first-order chi connectivity index (χ1) is 13.1. The molecule has 0 saturated heterocycles. The maximum absolute atomic E-state index is 12.8. The molecular formula is C19H17F3N4O2. The number of rotatable bonds is 3. The van der Waals surface area contributed by atoms with Gasteiger partial charge >= 0.3 is 6.18 Å². The molecule has 146 valence electrons. The van der Waals surface area contributed by atoms with Gasteiger partial charge in [0, 0.05) is 23.2 Å². The molecule has 0 unspecified atom stereocenters. The zero-order valence-corrected chi connectivity index (χ0v) is 14.8. The number of phenolic OH excluding ortho intramolecular Hbond substituents is 1. The van der Waals surface area contributed by atoms with Gasteiger partial charge in [-0.1, -0.05) is 0 Å². The molecule has 1 saturated carbocycles. The summed E-state index contributed by atoms with van der Waals surface area (Å²) in [5, 5.41) is 32.1. The lowest BCUT2D eigenvalue weighted by atomic mass is 9.77. The Bertz CT molecular complexity index is 1050. The van der Waals surface area contributed by atoms with E-state index >= 15 is 0 Å². The minimum absolute atomic E-state index is 0.0398. The van der Waals surface area contributed by atoms with Crippen molar-refractivity contribution in [2.45, 2.75) is 37.6 Å². The Kier molecular flexibility index (Phi) is 4.15. The van der Waals surface area contributed by atoms with Crippen LogP contribution in [0.3, 0.4) is 0 Å². The van der Waals surface area contributed by atoms with Crippen LogP contribution in [0.15, 0.2) is 36.5 Å². The Morgan fingerprint density at radius 2 is 1.93 bits per heavy atom. The second-order valence-corrected chi connectivity index (χ2v) is 7.27. The molecule has 0 bridgehead atoms. The summed E-state index contributed by atoms with van der Waals surface area (Å²) in [6.45, 7) is 1.76. The monoisotopic (exact) mass is 390 g/mol. The molecule has 9 heteroatoms. The minimum atomic E-state index is -4.56. The molecule has 4 rings (SSSR count). The van der Waals surface area contributed by atoms with Crippen molar-refractivity contribution in [2.24, 2.45) is 0 Å². The number of aromatic hydroxyl groups is 1. The highest BCUT2D eigenvalue weighted by Crippen LogP contribution is 2.39. The number of aromatic nitrogens is 3. The molecule has 1 fully saturated rings. The predicted octanol–water partition coefficient (Wildman–Crippen LogP) is 3.74. The highest BCUT2D eigenvalue weighted by Gasteiger charge is 2.38. The number of pyridine rings is 1. The van der Waals surface area contributed by atoms with Gasteiger partial charge in [0.25, 0.3) is 0 Å². The fourth-order valence-corrected chi connectivity index (χ4v) is 3.48. The van der Waals surface area contributed by atoms with Gasteiger partial charge in [0.15, 0.2) is 5.82 Å². The largest absolute Gasteiger partial charge is 0.507 e. The van der Waals surface area contributed by atoms with Crippen LogP contribution in [0.4, 0.5) is 19.0 Å². The lowest BCUT2D eigenvalue weighted by molar-refractivity contribution is -0.137. The average molecular weight is 390 g/mol. The first-order valence-corrected chi connectivity index (χ1v) is 8.65. The quantitative estimate of drug-likeness (QED) is 0.631. The minimum Gasteiger partial charge on any atom is -0.507 e. The topological polar surface area (TPSA) is 91.2 Å². The maximum Gasteiger partial charge on any atom is 0.416 e. The Labute approximate surface area is 158 Å². The molecule has 0 aliphatic heterocycles. The summed E-state index contributed by atoms with van der Waals surface area (Å²) in [7, 11) is 0. The van der Waals surface area contributed by atoms with Crippen LogP contribution in [0.25, 0.3) is 22.2 Å². The molecule has 0 atom stereocenters. The van der Waals surface area contributed by atoms with E-state index < -0.39 is 23.1 Å². The van der Waals surface area contributed by atoms with E-state index in [1.165, 1.54) is 6.20 Å². The highest BCUT2D eigenvalue weighted by atomic mass is 19.4. The second kappa shape index (κ2) is 6.30. The van der Waals surface area contributed by atoms with Gasteiger partial charge in [-0.2, -0.15) is 13.2 Å². The summed E-state index contributed by atoms with van der Waals surface area (Å²) in [4.78, 5) is 4.29. The average Bonchev–Trinajstić information content (AvgIpc) is 2.60. The number of fused-ring (bicyclic) bond motifs is 1. The first-order valence-electron chi connectivity index (χ1n) is 8.65. The fourth-order valence-electron chi connectivity index (χ4n) is 3.48. The Hall–Kier alpha value is -2.94. The number of benzene rings is 1. The lowest BCUT2D eigenvalue weighted by Crippen LogP contribution is -2.48. The van der Waals surface area contributed by atoms with E-state index in [1.807, 2.05) is 0 Å². The Balaban J connectivity index is 1.74. The normalized spacial score (nSPS) is 22.1. The van der Waals surface area contributed by atoms with Gasteiger partial charge in [0.1, 0.15) is 17.0 Å². The van der Waals surface area contributed by atoms with Crippen LogP contribution >= 0.6 is 0 Å². The molecule has 3 N–H and O–H groups in total. The van der Waals surface area contributed by atoms with Crippen molar-refractivity contribution in [1.29, 1.82) is 0 Å². The van der Waals surface area contributed by atoms with Crippen LogP contribution < -0.4 is 5.32 Å². The SMILES string of the molecule is C[C@]1(O)C[C@@H](Nc2nnc(-c3ccc(C(F)(F)F)cc3O)c3ncccc23)C1. The number of nitrogens with zero attached hydrogens (tertiary/aromatic N) is 3. The Morgan fingerprint density at radius 3 is 2.57 bits per heavy atom. The molecule has 0 amide bonds. The number of nitrogens with one attached hydrogen (secondary N) is 1. The summed E-state index contributed by atoms with van der Waals surface area (Å²) in [5.41, 5.74) is -0.948. The van der Waals surface area contributed by atoms with E-state index in [0.717, 1.165) is 12.1 Å². The van der Waals surface area contributed by atoms with Crippen LogP contribution in [-0.2, 0) is 6.18 Å². The zero-order valence-electron chi connectivity index (χ0n) is 14.8. The van der Waals surface area contributed by atoms with E-state index in [1.54, 1.807) is 19.1 Å². The van der Waals surface area contributed by atoms with E-state index in [2.05, 4.69) is 20.5 Å². The van der Waals surface area contributed by atoms with Crippen LogP contribution in [0, 0.1) is 0 Å². The van der Waals surface area contributed by atoms with Crippen molar-refractivity contribution >= 4 is 16.7 Å². The molecule has 0 spiro atoms. The van der Waals surface area contributed by atoms with Crippen LogP contribution in [0.2, 0.25) is 0 Å². The standard InChI is InChI=1S/C19H17F3N4O2/c1-18(28)8-11(9-18)24-17-13-3-2-6-23-15(13)16(25-26-17)12-5-4-10(7-14(12)27)19(20,21)22/h2-7,11,27-28H,8-9H2,1H3,(H,24,26)/t11-,18+. The smallest absolute Gasteiger partial charge is 0.416 e. The summed E-state index contributed by atoms with van der Waals surface area (Å²) >= 11 is 0. The number of aliphatic hydroxyl groups is 1. The van der Waals surface area contributed by atoms with E-state index in [4.69, 9.17) is 0 Å². The summed E-state index contributed by atoms with van der Waals surface area (Å²) < 4.78 is 38.5. The number of hydrogen-bond acceptors (Lipinski definition) is 6. The van der Waals surface area contributed by atoms with Crippen molar-refractivity contribution in [3.63, 3.8) is 0 Å². The molecular weight excluding hydrogens is 373 g/mol. The molecule has 3 aromatic rings. The number of phenols is 1. The van der Waals surface area contributed by atoms with Gasteiger partial charge < -0.3 is 15.5 Å². The molecule has 2 aromatic heterocycles. The number of alkyl halides is 3. The summed E-state index contributed by atoms with van der Waals surface area (Å²) in [6, 6.07) is 6.22. The van der Waals surface area contributed by atoms with Gasteiger partial charge in [-0.3, -0.25) is 4.98 Å². The van der Waals surface area contributed by atoms with Crippen molar-refractivity contribution in [2.75, 3.05) is 5.32 Å². The number of halogens is 3. The third kappa shape index (κ3) is 3.33. The van der Waals surface area contributed by atoms with E-state index in [-0.39, 0.29) is 17.3 Å². The number of anilines is 1. The summed E-state index contributed by atoms with van der Waals surface area (Å²) in [6.07, 6.45) is -1.89. The van der Waals surface area contributed by atoms with Gasteiger partial charge in [-0.05, 0) is 50.1 Å². The molecule has 28 heavy (non-hydrogen) atoms. The zero-order chi connectivity index (χ0) is 20.1. The summed E-state index contributed by atoms with van der Waals surface area (Å²) in [5.74, 6) is -0.0782. The molecule has 2 heterocycles. The van der Waals surface area contributed by atoms with E-state index in [0.29, 0.717) is 35.6 Å². The molecule has 1 aliphatic rings. The van der Waals surface area contributed by atoms with Gasteiger partial charge in [0.05, 0.1) is 11.2 Å². The molecule has 1 aliphatic carbocycles. The Morgan fingerprint density at radius 1 is 1.18 bits per heavy atom. The highest BCUT2D eigenvalue weighted by molar-refractivity contribution is 5.98. The maximum atomic E-state index is 12.8. The molecule has 0 radical (unpaired) electrons. The molecule has 6 nitrogen and oxygen atoms in total. The first kappa shape index (κ1) is 18.4. The van der Waals surface area contributed by atoms with E-state index in [9.17, 15) is 23.4 Å². The van der Waals surface area contributed by atoms with Crippen LogP contribution in [0.1, 0.15) is 25.3 Å². The van der Waals surface area contributed by atoms with Crippen LogP contribution in [0.5, 0.6) is 5.75 Å². The molecule has 1 aromatic carbocycles.